The number of benzene rings is 2. The van der Waals surface area contributed by atoms with Crippen molar-refractivity contribution in [2.24, 2.45) is 0 Å². The van der Waals surface area contributed by atoms with E-state index in [4.69, 9.17) is 0 Å². The quantitative estimate of drug-likeness (QED) is 0.353. The van der Waals surface area contributed by atoms with Gasteiger partial charge in [0.1, 0.15) is 6.33 Å². The standard InChI is InChI=1S/C20H14F2N6O2/c1-11-5-7-13-16(25-11)3-2-4-17(13)27-20-18(28(29)30)19(23-10-24-20)26-12-6-8-14(21)15(22)9-12/h2-10H,1H3,(H2,23,24,26,27). The van der Waals surface area contributed by atoms with E-state index < -0.39 is 22.2 Å². The summed E-state index contributed by atoms with van der Waals surface area (Å²) in [5.41, 5.74) is 1.79. The first-order valence-electron chi connectivity index (χ1n) is 8.77. The summed E-state index contributed by atoms with van der Waals surface area (Å²) < 4.78 is 26.6. The second-order valence-corrected chi connectivity index (χ2v) is 6.38. The summed E-state index contributed by atoms with van der Waals surface area (Å²) in [4.78, 5) is 23.4. The van der Waals surface area contributed by atoms with Crippen molar-refractivity contribution in [2.45, 2.75) is 6.92 Å². The van der Waals surface area contributed by atoms with E-state index in [9.17, 15) is 18.9 Å². The zero-order valence-electron chi connectivity index (χ0n) is 15.6. The summed E-state index contributed by atoms with van der Waals surface area (Å²) in [5.74, 6) is -2.35. The van der Waals surface area contributed by atoms with Gasteiger partial charge in [-0.1, -0.05) is 6.07 Å². The summed E-state index contributed by atoms with van der Waals surface area (Å²) in [7, 11) is 0. The lowest BCUT2D eigenvalue weighted by Gasteiger charge is -2.12. The Balaban J connectivity index is 1.75. The third kappa shape index (κ3) is 3.70. The first kappa shape index (κ1) is 19.1. The fourth-order valence-corrected chi connectivity index (χ4v) is 2.94. The molecule has 2 aromatic carbocycles. The van der Waals surface area contributed by atoms with Gasteiger partial charge >= 0.3 is 5.69 Å². The topological polar surface area (TPSA) is 106 Å². The number of hydrogen-bond donors (Lipinski definition) is 2. The molecule has 2 aromatic heterocycles. The van der Waals surface area contributed by atoms with Crippen molar-refractivity contribution >= 4 is 39.6 Å². The van der Waals surface area contributed by atoms with Crippen LogP contribution in [0.4, 0.5) is 37.5 Å². The molecular formula is C20H14F2N6O2. The van der Waals surface area contributed by atoms with Crippen LogP contribution in [0.25, 0.3) is 10.9 Å². The third-order valence-electron chi connectivity index (χ3n) is 4.31. The zero-order chi connectivity index (χ0) is 21.3. The average molecular weight is 408 g/mol. The molecule has 4 rings (SSSR count). The minimum Gasteiger partial charge on any atom is -0.334 e. The summed E-state index contributed by atoms with van der Waals surface area (Å²) in [6, 6.07) is 12.1. The molecule has 0 amide bonds. The molecule has 0 aliphatic heterocycles. The van der Waals surface area contributed by atoms with Gasteiger partial charge < -0.3 is 10.6 Å². The molecule has 0 saturated heterocycles. The lowest BCUT2D eigenvalue weighted by atomic mass is 10.1. The third-order valence-corrected chi connectivity index (χ3v) is 4.31. The van der Waals surface area contributed by atoms with Crippen molar-refractivity contribution in [1.29, 1.82) is 0 Å². The minimum atomic E-state index is -1.09. The first-order chi connectivity index (χ1) is 14.4. The molecule has 2 heterocycles. The average Bonchev–Trinajstić information content (AvgIpc) is 2.70. The fourth-order valence-electron chi connectivity index (χ4n) is 2.94. The van der Waals surface area contributed by atoms with Crippen molar-refractivity contribution in [3.8, 4) is 0 Å². The van der Waals surface area contributed by atoms with E-state index in [0.29, 0.717) is 5.69 Å². The van der Waals surface area contributed by atoms with Gasteiger partial charge in [-0.25, -0.2) is 18.7 Å². The van der Waals surface area contributed by atoms with Crippen LogP contribution in [0.2, 0.25) is 0 Å². The summed E-state index contributed by atoms with van der Waals surface area (Å²) in [5, 5.41) is 18.1. The highest BCUT2D eigenvalue weighted by molar-refractivity contribution is 5.94. The zero-order valence-corrected chi connectivity index (χ0v) is 15.6. The van der Waals surface area contributed by atoms with Crippen LogP contribution in [0, 0.1) is 28.7 Å². The van der Waals surface area contributed by atoms with E-state index in [2.05, 4.69) is 25.6 Å². The fraction of sp³-hybridized carbons (Fsp3) is 0.0500. The van der Waals surface area contributed by atoms with Crippen LogP contribution in [-0.2, 0) is 0 Å². The van der Waals surface area contributed by atoms with Gasteiger partial charge in [0.15, 0.2) is 11.6 Å². The maximum Gasteiger partial charge on any atom is 0.353 e. The number of anilines is 4. The summed E-state index contributed by atoms with van der Waals surface area (Å²) in [6.45, 7) is 1.87. The van der Waals surface area contributed by atoms with Crippen LogP contribution in [0.3, 0.4) is 0 Å². The maximum absolute atomic E-state index is 13.5. The number of nitrogens with one attached hydrogen (secondary N) is 2. The van der Waals surface area contributed by atoms with E-state index in [-0.39, 0.29) is 17.3 Å². The maximum atomic E-state index is 13.5. The Morgan fingerprint density at radius 1 is 0.967 bits per heavy atom. The Bertz CT molecular complexity index is 1280. The molecule has 8 nitrogen and oxygen atoms in total. The molecule has 0 atom stereocenters. The molecule has 0 aliphatic rings. The highest BCUT2D eigenvalue weighted by Crippen LogP contribution is 2.34. The molecule has 0 fully saturated rings. The lowest BCUT2D eigenvalue weighted by Crippen LogP contribution is -2.06. The molecule has 0 radical (unpaired) electrons. The number of aromatic nitrogens is 3. The number of hydrogen-bond acceptors (Lipinski definition) is 7. The van der Waals surface area contributed by atoms with E-state index in [1.54, 1.807) is 12.1 Å². The molecule has 2 N–H and O–H groups in total. The lowest BCUT2D eigenvalue weighted by molar-refractivity contribution is -0.383. The summed E-state index contributed by atoms with van der Waals surface area (Å²) >= 11 is 0. The van der Waals surface area contributed by atoms with Gasteiger partial charge in [-0.05, 0) is 43.3 Å². The molecule has 4 aromatic rings. The number of nitro groups is 1. The van der Waals surface area contributed by atoms with Crippen LogP contribution in [-0.4, -0.2) is 19.9 Å². The SMILES string of the molecule is Cc1ccc2c(Nc3ncnc(Nc4ccc(F)c(F)c4)c3[N+](=O)[O-])cccc2n1. The Morgan fingerprint density at radius 2 is 1.73 bits per heavy atom. The molecule has 150 valence electrons. The van der Waals surface area contributed by atoms with Crippen molar-refractivity contribution in [3.63, 3.8) is 0 Å². The van der Waals surface area contributed by atoms with Crippen molar-refractivity contribution in [3.05, 3.63) is 82.3 Å². The van der Waals surface area contributed by atoms with Gasteiger partial charge in [-0.15, -0.1) is 0 Å². The van der Waals surface area contributed by atoms with E-state index >= 15 is 0 Å². The van der Waals surface area contributed by atoms with E-state index in [0.717, 1.165) is 35.1 Å². The van der Waals surface area contributed by atoms with E-state index in [1.807, 2.05) is 25.1 Å². The molecule has 0 spiro atoms. The molecule has 0 aliphatic carbocycles. The smallest absolute Gasteiger partial charge is 0.334 e. The number of aryl methyl sites for hydroxylation is 1. The van der Waals surface area contributed by atoms with Gasteiger partial charge in [-0.3, -0.25) is 15.1 Å². The highest BCUT2D eigenvalue weighted by Gasteiger charge is 2.24. The van der Waals surface area contributed by atoms with Crippen molar-refractivity contribution in [1.82, 2.24) is 15.0 Å². The van der Waals surface area contributed by atoms with Gasteiger partial charge in [-0.2, -0.15) is 0 Å². The number of halogens is 2. The molecular weight excluding hydrogens is 394 g/mol. The number of pyridine rings is 1. The number of nitrogens with zero attached hydrogens (tertiary/aromatic N) is 4. The molecule has 10 heteroatoms. The van der Waals surface area contributed by atoms with Crippen molar-refractivity contribution in [2.75, 3.05) is 10.6 Å². The molecule has 0 unspecified atom stereocenters. The Labute approximate surface area is 168 Å². The number of rotatable bonds is 5. The number of fused-ring (bicyclic) bond motifs is 1. The predicted molar refractivity (Wildman–Crippen MR) is 108 cm³/mol. The largest absolute Gasteiger partial charge is 0.353 e. The van der Waals surface area contributed by atoms with Crippen LogP contribution in [0.15, 0.2) is 54.9 Å². The molecule has 30 heavy (non-hydrogen) atoms. The van der Waals surface area contributed by atoms with Crippen LogP contribution < -0.4 is 10.6 Å². The van der Waals surface area contributed by atoms with Crippen LogP contribution in [0.1, 0.15) is 5.69 Å². The van der Waals surface area contributed by atoms with Crippen molar-refractivity contribution < 1.29 is 13.7 Å². The van der Waals surface area contributed by atoms with E-state index in [1.165, 1.54) is 6.07 Å². The van der Waals surface area contributed by atoms with Gasteiger partial charge in [0.25, 0.3) is 0 Å². The summed E-state index contributed by atoms with van der Waals surface area (Å²) in [6.07, 6.45) is 1.13. The Hall–Kier alpha value is -4.21. The molecule has 0 bridgehead atoms. The second-order valence-electron chi connectivity index (χ2n) is 6.38. The normalized spacial score (nSPS) is 10.8. The van der Waals surface area contributed by atoms with Crippen LogP contribution in [0.5, 0.6) is 0 Å². The molecule has 0 saturated carbocycles. The van der Waals surface area contributed by atoms with Gasteiger partial charge in [0, 0.05) is 28.5 Å². The van der Waals surface area contributed by atoms with Gasteiger partial charge in [0.05, 0.1) is 10.4 Å². The second kappa shape index (κ2) is 7.66. The van der Waals surface area contributed by atoms with Crippen LogP contribution >= 0.6 is 0 Å². The first-order valence-corrected chi connectivity index (χ1v) is 8.77. The Kier molecular flexibility index (Phi) is 4.88. The highest BCUT2D eigenvalue weighted by atomic mass is 19.2. The predicted octanol–water partition coefficient (Wildman–Crippen LogP) is 5.01. The Morgan fingerprint density at radius 3 is 2.47 bits per heavy atom. The van der Waals surface area contributed by atoms with Gasteiger partial charge in [0.2, 0.25) is 11.6 Å². The monoisotopic (exact) mass is 408 g/mol. The minimum absolute atomic E-state index is 0.0619.